The largest absolute Gasteiger partial charge is 0.319 e. The van der Waals surface area contributed by atoms with E-state index >= 15 is 0 Å². The highest BCUT2D eigenvalue weighted by Crippen LogP contribution is 2.20. The van der Waals surface area contributed by atoms with Gasteiger partial charge in [-0.15, -0.1) is 0 Å². The van der Waals surface area contributed by atoms with Crippen LogP contribution in [0.1, 0.15) is 0 Å². The summed E-state index contributed by atoms with van der Waals surface area (Å²) < 4.78 is 1.94. The van der Waals surface area contributed by atoms with Crippen LogP contribution in [0.3, 0.4) is 0 Å². The van der Waals surface area contributed by atoms with E-state index in [1.807, 2.05) is 96.8 Å². The smallest absolute Gasteiger partial charge is 0.197 e. The van der Waals surface area contributed by atoms with Crippen LogP contribution in [-0.2, 0) is 0 Å². The molecule has 0 unspecified atom stereocenters. The van der Waals surface area contributed by atoms with Gasteiger partial charge in [0.25, 0.3) is 0 Å². The van der Waals surface area contributed by atoms with Crippen molar-refractivity contribution >= 4 is 0 Å². The molecule has 0 amide bonds. The maximum absolute atomic E-state index is 12.9. The zero-order chi connectivity index (χ0) is 15.5. The molecule has 0 aliphatic heterocycles. The van der Waals surface area contributed by atoms with Crippen LogP contribution in [0.25, 0.3) is 22.3 Å². The molecule has 2 aromatic carbocycles. The summed E-state index contributed by atoms with van der Waals surface area (Å²) in [5.41, 5.74) is 3.32. The quantitative estimate of drug-likeness (QED) is 0.739. The minimum atomic E-state index is 0.0514. The molecule has 1 heterocycles. The molecule has 3 nitrogen and oxygen atoms in total. The molecule has 110 valence electrons. The number of hydrogen-bond donors (Lipinski definition) is 0. The number of hydrogen-bond acceptors (Lipinski definition) is 2. The van der Waals surface area contributed by atoms with Gasteiger partial charge in [0, 0.05) is 37.6 Å². The van der Waals surface area contributed by atoms with E-state index in [4.69, 9.17) is 0 Å². The molecular weight excluding hydrogens is 272 g/mol. The van der Waals surface area contributed by atoms with Gasteiger partial charge in [0.1, 0.15) is 0 Å². The van der Waals surface area contributed by atoms with Crippen LogP contribution in [0.4, 0.5) is 0 Å². The third kappa shape index (κ3) is 2.66. The van der Waals surface area contributed by atoms with Crippen molar-refractivity contribution in [2.24, 2.45) is 0 Å². The number of aromatic nitrogens is 1. The first-order valence-corrected chi connectivity index (χ1v) is 7.21. The maximum atomic E-state index is 12.9. The zero-order valence-corrected chi connectivity index (χ0v) is 12.7. The summed E-state index contributed by atoms with van der Waals surface area (Å²) >= 11 is 0. The molecule has 0 atom stereocenters. The maximum Gasteiger partial charge on any atom is 0.197 e. The first-order chi connectivity index (χ1) is 10.7. The lowest BCUT2D eigenvalue weighted by atomic mass is 10.0. The fourth-order valence-corrected chi connectivity index (χ4v) is 2.44. The van der Waals surface area contributed by atoms with Gasteiger partial charge in [-0.3, -0.25) is 9.47 Å². The van der Waals surface area contributed by atoms with E-state index in [0.29, 0.717) is 11.1 Å². The van der Waals surface area contributed by atoms with Crippen LogP contribution in [0.15, 0.2) is 77.9 Å². The van der Waals surface area contributed by atoms with Gasteiger partial charge in [0.05, 0.1) is 0 Å². The predicted octanol–water partition coefficient (Wildman–Crippen LogP) is 3.38. The van der Waals surface area contributed by atoms with E-state index < -0.39 is 0 Å². The highest BCUT2D eigenvalue weighted by Gasteiger charge is 2.11. The van der Waals surface area contributed by atoms with Crippen LogP contribution < -0.4 is 10.4 Å². The molecule has 0 aliphatic rings. The molecule has 0 saturated carbocycles. The van der Waals surface area contributed by atoms with Crippen molar-refractivity contribution in [3.8, 4) is 22.3 Å². The molecule has 3 rings (SSSR count). The summed E-state index contributed by atoms with van der Waals surface area (Å²) in [6.45, 7) is 0. The van der Waals surface area contributed by atoms with Crippen molar-refractivity contribution in [3.63, 3.8) is 0 Å². The van der Waals surface area contributed by atoms with Gasteiger partial charge in [-0.1, -0.05) is 60.7 Å². The van der Waals surface area contributed by atoms with E-state index in [0.717, 1.165) is 11.1 Å². The number of nitrogens with zero attached hydrogens (tertiary/aromatic N) is 2. The van der Waals surface area contributed by atoms with Crippen molar-refractivity contribution in [3.05, 3.63) is 83.3 Å². The Hall–Kier alpha value is -2.81. The Morgan fingerprint density at radius 2 is 1.14 bits per heavy atom. The molecule has 22 heavy (non-hydrogen) atoms. The second kappa shape index (κ2) is 5.90. The highest BCUT2D eigenvalue weighted by molar-refractivity contribution is 5.71. The summed E-state index contributed by atoms with van der Waals surface area (Å²) in [6.07, 6.45) is 3.76. The standard InChI is InChI=1S/C19H18N2O/c1-20(2)21-13-17(15-9-5-3-6-10-15)19(22)18(14-21)16-11-7-4-8-12-16/h3-14H,1-2H3. The summed E-state index contributed by atoms with van der Waals surface area (Å²) in [5.74, 6) is 0. The SMILES string of the molecule is CN(C)n1cc(-c2ccccc2)c(=O)c(-c2ccccc2)c1. The Balaban J connectivity index is 2.28. The van der Waals surface area contributed by atoms with Gasteiger partial charge in [0.2, 0.25) is 0 Å². The number of pyridine rings is 1. The zero-order valence-electron chi connectivity index (χ0n) is 12.7. The van der Waals surface area contributed by atoms with E-state index in [2.05, 4.69) is 0 Å². The van der Waals surface area contributed by atoms with Crippen molar-refractivity contribution in [2.45, 2.75) is 0 Å². The highest BCUT2D eigenvalue weighted by atomic mass is 16.1. The first kappa shape index (κ1) is 14.1. The molecule has 0 bridgehead atoms. The van der Waals surface area contributed by atoms with Crippen molar-refractivity contribution < 1.29 is 0 Å². The molecule has 3 aromatic rings. The number of benzene rings is 2. The molecule has 3 heteroatoms. The van der Waals surface area contributed by atoms with Gasteiger partial charge < -0.3 is 5.01 Å². The third-order valence-electron chi connectivity index (χ3n) is 3.64. The first-order valence-electron chi connectivity index (χ1n) is 7.21. The van der Waals surface area contributed by atoms with Gasteiger partial charge in [0.15, 0.2) is 5.43 Å². The molecule has 0 saturated heterocycles. The average Bonchev–Trinajstić information content (AvgIpc) is 2.56. The molecule has 0 N–H and O–H groups in total. The van der Waals surface area contributed by atoms with Gasteiger partial charge in [-0.05, 0) is 11.1 Å². The van der Waals surface area contributed by atoms with Crippen LogP contribution in [-0.4, -0.2) is 18.8 Å². The third-order valence-corrected chi connectivity index (χ3v) is 3.64. The average molecular weight is 290 g/mol. The van der Waals surface area contributed by atoms with Gasteiger partial charge in [-0.25, -0.2) is 0 Å². The van der Waals surface area contributed by atoms with Gasteiger partial charge >= 0.3 is 0 Å². The van der Waals surface area contributed by atoms with Crippen LogP contribution in [0.5, 0.6) is 0 Å². The van der Waals surface area contributed by atoms with Crippen LogP contribution in [0.2, 0.25) is 0 Å². The number of rotatable bonds is 3. The topological polar surface area (TPSA) is 25.2 Å². The monoisotopic (exact) mass is 290 g/mol. The predicted molar refractivity (Wildman–Crippen MR) is 91.6 cm³/mol. The lowest BCUT2D eigenvalue weighted by molar-refractivity contribution is 0.726. The second-order valence-corrected chi connectivity index (χ2v) is 5.37. The molecule has 0 radical (unpaired) electrons. The fourth-order valence-electron chi connectivity index (χ4n) is 2.44. The lowest BCUT2D eigenvalue weighted by Crippen LogP contribution is -2.27. The molecule has 0 spiro atoms. The van der Waals surface area contributed by atoms with Crippen molar-refractivity contribution in [1.82, 2.24) is 4.68 Å². The molecule has 1 aromatic heterocycles. The van der Waals surface area contributed by atoms with Gasteiger partial charge in [-0.2, -0.15) is 0 Å². The van der Waals surface area contributed by atoms with E-state index in [9.17, 15) is 4.79 Å². The Labute approximate surface area is 130 Å². The fraction of sp³-hybridized carbons (Fsp3) is 0.105. The Bertz CT molecular complexity index is 757. The Morgan fingerprint density at radius 3 is 1.50 bits per heavy atom. The summed E-state index contributed by atoms with van der Waals surface area (Å²) in [5, 5.41) is 1.94. The summed E-state index contributed by atoms with van der Waals surface area (Å²) in [4.78, 5) is 12.9. The Morgan fingerprint density at radius 1 is 0.727 bits per heavy atom. The van der Waals surface area contributed by atoms with Crippen LogP contribution in [0, 0.1) is 0 Å². The van der Waals surface area contributed by atoms with E-state index in [1.165, 1.54) is 0 Å². The van der Waals surface area contributed by atoms with Crippen LogP contribution >= 0.6 is 0 Å². The summed E-state index contributed by atoms with van der Waals surface area (Å²) in [7, 11) is 3.90. The Kier molecular flexibility index (Phi) is 3.79. The summed E-state index contributed by atoms with van der Waals surface area (Å²) in [6, 6.07) is 19.6. The molecular formula is C19H18N2O. The lowest BCUT2D eigenvalue weighted by Gasteiger charge is -2.19. The minimum absolute atomic E-state index is 0.0514. The minimum Gasteiger partial charge on any atom is -0.319 e. The second-order valence-electron chi connectivity index (χ2n) is 5.37. The van der Waals surface area contributed by atoms with E-state index in [-0.39, 0.29) is 5.43 Å². The van der Waals surface area contributed by atoms with Crippen molar-refractivity contribution in [2.75, 3.05) is 19.1 Å². The molecule has 0 fully saturated rings. The van der Waals surface area contributed by atoms with Crippen molar-refractivity contribution in [1.29, 1.82) is 0 Å². The van der Waals surface area contributed by atoms with E-state index in [1.54, 1.807) is 0 Å². The molecule has 0 aliphatic carbocycles. The normalized spacial score (nSPS) is 10.5.